The summed E-state index contributed by atoms with van der Waals surface area (Å²) in [6, 6.07) is 8.10. The van der Waals surface area contributed by atoms with Crippen LogP contribution in [-0.4, -0.2) is 34.6 Å². The Hall–Kier alpha value is -1.92. The predicted octanol–water partition coefficient (Wildman–Crippen LogP) is 2.74. The lowest BCUT2D eigenvalue weighted by molar-refractivity contribution is -0.138. The van der Waals surface area contributed by atoms with E-state index in [1.165, 1.54) is 5.56 Å². The zero-order valence-corrected chi connectivity index (χ0v) is 13.7. The summed E-state index contributed by atoms with van der Waals surface area (Å²) in [7, 11) is 1.73. The van der Waals surface area contributed by atoms with Crippen LogP contribution in [0.5, 0.6) is 0 Å². The molecule has 118 valence electrons. The molecular formula is C16H20N2O3S. The zero-order chi connectivity index (χ0) is 16.3. The fourth-order valence-corrected chi connectivity index (χ4v) is 3.20. The van der Waals surface area contributed by atoms with E-state index >= 15 is 0 Å². The number of aliphatic carboxylic acids is 1. The molecule has 0 aliphatic rings. The fraction of sp³-hybridized carbons (Fsp3) is 0.375. The Labute approximate surface area is 133 Å². The van der Waals surface area contributed by atoms with Crippen LogP contribution in [-0.2, 0) is 11.3 Å². The molecule has 0 aliphatic carbocycles. The van der Waals surface area contributed by atoms with Crippen molar-refractivity contribution in [2.24, 2.45) is 0 Å². The van der Waals surface area contributed by atoms with Crippen LogP contribution in [0, 0.1) is 0 Å². The number of rotatable bonds is 6. The number of thiazole rings is 1. The van der Waals surface area contributed by atoms with Crippen LogP contribution in [0.4, 0.5) is 0 Å². The molecule has 0 aliphatic heterocycles. The summed E-state index contributed by atoms with van der Waals surface area (Å²) < 4.78 is 0. The number of carboxylic acid groups (broad SMARTS) is 1. The van der Waals surface area contributed by atoms with E-state index < -0.39 is 5.97 Å². The van der Waals surface area contributed by atoms with Crippen LogP contribution in [0.15, 0.2) is 29.1 Å². The predicted molar refractivity (Wildman–Crippen MR) is 88.4 cm³/mol. The number of aromatic nitrogens is 1. The first kappa shape index (κ1) is 16.5. The minimum Gasteiger partial charge on any atom is -0.480 e. The van der Waals surface area contributed by atoms with Crippen LogP contribution in [0.1, 0.15) is 30.2 Å². The number of H-pyrrole nitrogens is 1. The van der Waals surface area contributed by atoms with Gasteiger partial charge >= 0.3 is 10.8 Å². The van der Waals surface area contributed by atoms with Gasteiger partial charge in [0.2, 0.25) is 0 Å². The molecule has 2 aromatic rings. The summed E-state index contributed by atoms with van der Waals surface area (Å²) in [4.78, 5) is 27.7. The molecule has 5 nitrogen and oxygen atoms in total. The summed E-state index contributed by atoms with van der Waals surface area (Å²) in [5.41, 5.74) is 2.97. The van der Waals surface area contributed by atoms with Crippen molar-refractivity contribution in [1.82, 2.24) is 9.88 Å². The molecule has 0 bridgehead atoms. The zero-order valence-electron chi connectivity index (χ0n) is 12.9. The molecular weight excluding hydrogens is 300 g/mol. The molecule has 0 radical (unpaired) electrons. The molecule has 1 aromatic carbocycles. The average Bonchev–Trinajstić information content (AvgIpc) is 2.78. The Kier molecular flexibility index (Phi) is 5.15. The van der Waals surface area contributed by atoms with Gasteiger partial charge in [-0.2, -0.15) is 0 Å². The molecule has 6 heteroatoms. The topological polar surface area (TPSA) is 73.4 Å². The number of nitrogens with zero attached hydrogens (tertiary/aromatic N) is 1. The standard InChI is InChI=1S/C16H20N2O3S/c1-10(2)11-4-6-12(7-5-11)15-13(22-16(21)17-15)8-18(3)9-14(19)20/h4-7,10H,8-9H2,1-3H3,(H,17,21)(H,19,20). The first-order valence-corrected chi connectivity index (χ1v) is 7.91. The summed E-state index contributed by atoms with van der Waals surface area (Å²) >= 11 is 1.13. The van der Waals surface area contributed by atoms with Crippen molar-refractivity contribution in [2.75, 3.05) is 13.6 Å². The maximum absolute atomic E-state index is 11.7. The first-order valence-electron chi connectivity index (χ1n) is 7.09. The van der Waals surface area contributed by atoms with Gasteiger partial charge in [-0.25, -0.2) is 0 Å². The Balaban J connectivity index is 2.27. The van der Waals surface area contributed by atoms with Gasteiger partial charge in [0.05, 0.1) is 12.2 Å². The second-order valence-electron chi connectivity index (χ2n) is 5.66. The van der Waals surface area contributed by atoms with Gasteiger partial charge in [0.15, 0.2) is 0 Å². The lowest BCUT2D eigenvalue weighted by Crippen LogP contribution is -2.24. The minimum atomic E-state index is -0.881. The van der Waals surface area contributed by atoms with Crippen LogP contribution in [0.3, 0.4) is 0 Å². The summed E-state index contributed by atoms with van der Waals surface area (Å²) in [5.74, 6) is -0.426. The third-order valence-electron chi connectivity index (χ3n) is 3.41. The van der Waals surface area contributed by atoms with E-state index in [9.17, 15) is 9.59 Å². The second kappa shape index (κ2) is 6.89. The summed E-state index contributed by atoms with van der Waals surface area (Å²) in [6.45, 7) is 4.64. The number of benzene rings is 1. The molecule has 0 spiro atoms. The van der Waals surface area contributed by atoms with Crippen molar-refractivity contribution in [3.63, 3.8) is 0 Å². The van der Waals surface area contributed by atoms with Crippen LogP contribution < -0.4 is 4.87 Å². The number of carboxylic acids is 1. The molecule has 0 unspecified atom stereocenters. The third kappa shape index (κ3) is 4.05. The Morgan fingerprint density at radius 1 is 1.32 bits per heavy atom. The quantitative estimate of drug-likeness (QED) is 0.858. The molecule has 0 saturated heterocycles. The summed E-state index contributed by atoms with van der Waals surface area (Å²) in [5, 5.41) is 8.83. The number of nitrogens with one attached hydrogen (secondary N) is 1. The number of hydrogen-bond acceptors (Lipinski definition) is 4. The molecule has 1 aromatic heterocycles. The Morgan fingerprint density at radius 3 is 2.50 bits per heavy atom. The maximum Gasteiger partial charge on any atom is 0.317 e. The van der Waals surface area contributed by atoms with E-state index in [1.807, 2.05) is 12.1 Å². The van der Waals surface area contributed by atoms with Crippen LogP contribution >= 0.6 is 11.3 Å². The molecule has 2 rings (SSSR count). The Morgan fingerprint density at radius 2 is 1.95 bits per heavy atom. The lowest BCUT2D eigenvalue weighted by Gasteiger charge is -2.14. The molecule has 2 N–H and O–H groups in total. The van der Waals surface area contributed by atoms with Crippen LogP contribution in [0.2, 0.25) is 0 Å². The van der Waals surface area contributed by atoms with E-state index in [4.69, 9.17) is 5.11 Å². The average molecular weight is 320 g/mol. The molecule has 0 amide bonds. The normalized spacial score (nSPS) is 11.3. The molecule has 0 atom stereocenters. The number of likely N-dealkylation sites (N-methyl/N-ethyl adjacent to an activating group) is 1. The highest BCUT2D eigenvalue weighted by Crippen LogP contribution is 2.26. The molecule has 1 heterocycles. The SMILES string of the molecule is CC(C)c1ccc(-c2[nH]c(=O)sc2CN(C)CC(=O)O)cc1. The highest BCUT2D eigenvalue weighted by molar-refractivity contribution is 7.09. The van der Waals surface area contributed by atoms with Crippen molar-refractivity contribution in [2.45, 2.75) is 26.3 Å². The van der Waals surface area contributed by atoms with Gasteiger partial charge in [0.1, 0.15) is 0 Å². The van der Waals surface area contributed by atoms with E-state index in [1.54, 1.807) is 11.9 Å². The number of aromatic amines is 1. The summed E-state index contributed by atoms with van der Waals surface area (Å²) in [6.07, 6.45) is 0. The number of carbonyl (C=O) groups is 1. The van der Waals surface area contributed by atoms with Crippen molar-refractivity contribution in [3.8, 4) is 11.3 Å². The van der Waals surface area contributed by atoms with Gasteiger partial charge in [-0.05, 0) is 24.1 Å². The third-order valence-corrected chi connectivity index (χ3v) is 4.27. The van der Waals surface area contributed by atoms with E-state index in [0.717, 1.165) is 27.5 Å². The lowest BCUT2D eigenvalue weighted by atomic mass is 10.0. The van der Waals surface area contributed by atoms with Crippen molar-refractivity contribution < 1.29 is 9.90 Å². The van der Waals surface area contributed by atoms with Gasteiger partial charge in [-0.3, -0.25) is 14.5 Å². The van der Waals surface area contributed by atoms with E-state index in [0.29, 0.717) is 12.5 Å². The smallest absolute Gasteiger partial charge is 0.317 e. The van der Waals surface area contributed by atoms with Crippen molar-refractivity contribution in [3.05, 3.63) is 44.4 Å². The van der Waals surface area contributed by atoms with Gasteiger partial charge < -0.3 is 10.1 Å². The van der Waals surface area contributed by atoms with E-state index in [2.05, 4.69) is 31.0 Å². The number of hydrogen-bond donors (Lipinski definition) is 2. The highest BCUT2D eigenvalue weighted by Gasteiger charge is 2.14. The molecule has 0 fully saturated rings. The monoisotopic (exact) mass is 320 g/mol. The maximum atomic E-state index is 11.7. The second-order valence-corrected chi connectivity index (χ2v) is 6.72. The van der Waals surface area contributed by atoms with Crippen molar-refractivity contribution in [1.29, 1.82) is 0 Å². The molecule has 22 heavy (non-hydrogen) atoms. The van der Waals surface area contributed by atoms with Gasteiger partial charge in [0, 0.05) is 11.4 Å². The van der Waals surface area contributed by atoms with E-state index in [-0.39, 0.29) is 11.4 Å². The van der Waals surface area contributed by atoms with Crippen molar-refractivity contribution >= 4 is 17.3 Å². The highest BCUT2D eigenvalue weighted by atomic mass is 32.1. The van der Waals surface area contributed by atoms with Gasteiger partial charge in [0.25, 0.3) is 0 Å². The first-order chi connectivity index (χ1) is 10.4. The fourth-order valence-electron chi connectivity index (χ4n) is 2.27. The van der Waals surface area contributed by atoms with Gasteiger partial charge in [-0.1, -0.05) is 49.4 Å². The molecule has 0 saturated carbocycles. The largest absolute Gasteiger partial charge is 0.480 e. The van der Waals surface area contributed by atoms with Crippen LogP contribution in [0.25, 0.3) is 11.3 Å². The minimum absolute atomic E-state index is 0.0577. The Bertz CT molecular complexity index is 701. The van der Waals surface area contributed by atoms with Gasteiger partial charge in [-0.15, -0.1) is 0 Å².